The zero-order valence-corrected chi connectivity index (χ0v) is 18.6. The van der Waals surface area contributed by atoms with Gasteiger partial charge in [0.15, 0.2) is 11.5 Å². The van der Waals surface area contributed by atoms with Crippen molar-refractivity contribution in [2.24, 2.45) is 0 Å². The number of aromatic hydroxyl groups is 1. The SMILES string of the molecule is COc1ccc(CN2CCc3cc(OC(=O)Nc4ccc(C(C)C)cc4)ccc32)cc1O. The highest BCUT2D eigenvalue weighted by Gasteiger charge is 2.21. The summed E-state index contributed by atoms with van der Waals surface area (Å²) in [5, 5.41) is 12.8. The predicted molar refractivity (Wildman–Crippen MR) is 126 cm³/mol. The van der Waals surface area contributed by atoms with Crippen LogP contribution in [0.25, 0.3) is 0 Å². The van der Waals surface area contributed by atoms with E-state index >= 15 is 0 Å². The number of amides is 1. The van der Waals surface area contributed by atoms with Crippen molar-refractivity contribution in [1.82, 2.24) is 0 Å². The molecule has 166 valence electrons. The molecule has 2 N–H and O–H groups in total. The number of carbonyl (C=O) groups excluding carboxylic acids is 1. The van der Waals surface area contributed by atoms with Crippen molar-refractivity contribution in [2.45, 2.75) is 32.7 Å². The van der Waals surface area contributed by atoms with Gasteiger partial charge in [-0.05, 0) is 71.5 Å². The maximum atomic E-state index is 12.3. The summed E-state index contributed by atoms with van der Waals surface area (Å²) in [4.78, 5) is 14.6. The van der Waals surface area contributed by atoms with Gasteiger partial charge in [-0.2, -0.15) is 0 Å². The number of nitrogens with one attached hydrogen (secondary N) is 1. The van der Waals surface area contributed by atoms with Crippen LogP contribution in [0.1, 0.15) is 36.5 Å². The number of phenolic OH excluding ortho intramolecular Hbond substituents is 1. The number of methoxy groups -OCH3 is 1. The van der Waals surface area contributed by atoms with E-state index < -0.39 is 6.09 Å². The molecule has 1 amide bonds. The Bertz CT molecular complexity index is 1110. The van der Waals surface area contributed by atoms with Crippen molar-refractivity contribution in [3.63, 3.8) is 0 Å². The van der Waals surface area contributed by atoms with Crippen LogP contribution in [0.3, 0.4) is 0 Å². The van der Waals surface area contributed by atoms with Gasteiger partial charge in [0.25, 0.3) is 0 Å². The van der Waals surface area contributed by atoms with E-state index in [0.717, 1.165) is 29.8 Å². The average molecular weight is 433 g/mol. The number of carbonyl (C=O) groups is 1. The van der Waals surface area contributed by atoms with E-state index in [9.17, 15) is 9.90 Å². The molecule has 0 spiro atoms. The zero-order valence-electron chi connectivity index (χ0n) is 18.6. The van der Waals surface area contributed by atoms with E-state index in [4.69, 9.17) is 9.47 Å². The molecule has 0 atom stereocenters. The lowest BCUT2D eigenvalue weighted by Crippen LogP contribution is -2.19. The minimum absolute atomic E-state index is 0.137. The monoisotopic (exact) mass is 432 g/mol. The van der Waals surface area contributed by atoms with Gasteiger partial charge in [0.2, 0.25) is 0 Å². The first-order valence-corrected chi connectivity index (χ1v) is 10.8. The number of ether oxygens (including phenoxy) is 2. The molecule has 3 aromatic carbocycles. The van der Waals surface area contributed by atoms with E-state index in [1.807, 2.05) is 48.5 Å². The second kappa shape index (κ2) is 9.22. The molecule has 6 heteroatoms. The Balaban J connectivity index is 1.39. The van der Waals surface area contributed by atoms with Crippen LogP contribution in [0.5, 0.6) is 17.2 Å². The quantitative estimate of drug-likeness (QED) is 0.523. The van der Waals surface area contributed by atoms with E-state index in [1.165, 1.54) is 12.7 Å². The molecular weight excluding hydrogens is 404 g/mol. The molecule has 32 heavy (non-hydrogen) atoms. The molecule has 0 unspecified atom stereocenters. The lowest BCUT2D eigenvalue weighted by atomic mass is 10.0. The highest BCUT2D eigenvalue weighted by atomic mass is 16.6. The van der Waals surface area contributed by atoms with E-state index in [0.29, 0.717) is 29.6 Å². The number of benzene rings is 3. The molecule has 0 bridgehead atoms. The Hall–Kier alpha value is -3.67. The van der Waals surface area contributed by atoms with Crippen molar-refractivity contribution in [3.05, 3.63) is 77.4 Å². The summed E-state index contributed by atoms with van der Waals surface area (Å²) in [5.41, 5.74) is 5.16. The Morgan fingerprint density at radius 2 is 1.88 bits per heavy atom. The summed E-state index contributed by atoms with van der Waals surface area (Å²) in [6.07, 6.45) is 0.359. The molecule has 4 rings (SSSR count). The largest absolute Gasteiger partial charge is 0.504 e. The molecule has 3 aromatic rings. The third-order valence-electron chi connectivity index (χ3n) is 5.69. The summed E-state index contributed by atoms with van der Waals surface area (Å²) >= 11 is 0. The summed E-state index contributed by atoms with van der Waals surface area (Å²) < 4.78 is 10.6. The normalized spacial score (nSPS) is 12.6. The van der Waals surface area contributed by atoms with Crippen LogP contribution in [0, 0.1) is 0 Å². The molecule has 0 saturated heterocycles. The number of rotatable bonds is 6. The van der Waals surface area contributed by atoms with Crippen molar-refractivity contribution in [2.75, 3.05) is 23.9 Å². The zero-order chi connectivity index (χ0) is 22.7. The van der Waals surface area contributed by atoms with Gasteiger partial charge >= 0.3 is 6.09 Å². The highest BCUT2D eigenvalue weighted by molar-refractivity contribution is 5.86. The standard InChI is InChI=1S/C26H28N2O4/c1-17(2)19-5-7-21(8-6-19)27-26(30)32-22-9-10-23-20(15-22)12-13-28(23)16-18-4-11-25(31-3)24(29)14-18/h4-11,14-15,17,29H,12-13,16H2,1-3H3,(H,27,30). The topological polar surface area (TPSA) is 71.0 Å². The Kier molecular flexibility index (Phi) is 6.21. The molecule has 1 heterocycles. The van der Waals surface area contributed by atoms with Crippen LogP contribution in [0.4, 0.5) is 16.2 Å². The molecule has 1 aliphatic rings. The van der Waals surface area contributed by atoms with Crippen molar-refractivity contribution < 1.29 is 19.4 Å². The van der Waals surface area contributed by atoms with Crippen LogP contribution in [-0.2, 0) is 13.0 Å². The number of anilines is 2. The first-order chi connectivity index (χ1) is 15.4. The number of hydrogen-bond donors (Lipinski definition) is 2. The fourth-order valence-electron chi connectivity index (χ4n) is 3.93. The number of phenols is 1. The maximum Gasteiger partial charge on any atom is 0.417 e. The molecule has 0 saturated carbocycles. The van der Waals surface area contributed by atoms with Crippen LogP contribution in [0.15, 0.2) is 60.7 Å². The van der Waals surface area contributed by atoms with Gasteiger partial charge in [0.05, 0.1) is 7.11 Å². The van der Waals surface area contributed by atoms with Gasteiger partial charge in [0, 0.05) is 24.5 Å². The molecule has 0 aromatic heterocycles. The van der Waals surface area contributed by atoms with Gasteiger partial charge in [0.1, 0.15) is 5.75 Å². The number of fused-ring (bicyclic) bond motifs is 1. The molecule has 0 fully saturated rings. The van der Waals surface area contributed by atoms with Crippen LogP contribution in [0.2, 0.25) is 0 Å². The second-order valence-electron chi connectivity index (χ2n) is 8.26. The minimum Gasteiger partial charge on any atom is -0.504 e. The number of nitrogens with zero attached hydrogens (tertiary/aromatic N) is 1. The first kappa shape index (κ1) is 21.6. The molecule has 0 aliphatic carbocycles. The van der Waals surface area contributed by atoms with E-state index in [1.54, 1.807) is 12.1 Å². The maximum absolute atomic E-state index is 12.3. The van der Waals surface area contributed by atoms with E-state index in [-0.39, 0.29) is 5.75 Å². The summed E-state index contributed by atoms with van der Waals surface area (Å²) in [7, 11) is 1.54. The molecule has 6 nitrogen and oxygen atoms in total. The Labute approximate surface area is 188 Å². The third-order valence-corrected chi connectivity index (χ3v) is 5.69. The van der Waals surface area contributed by atoms with Crippen molar-refractivity contribution >= 4 is 17.5 Å². The fraction of sp³-hybridized carbons (Fsp3) is 0.269. The average Bonchev–Trinajstić information content (AvgIpc) is 3.16. The van der Waals surface area contributed by atoms with Gasteiger partial charge in [-0.3, -0.25) is 5.32 Å². The van der Waals surface area contributed by atoms with Crippen LogP contribution < -0.4 is 19.7 Å². The van der Waals surface area contributed by atoms with Gasteiger partial charge in [-0.15, -0.1) is 0 Å². The fourth-order valence-corrected chi connectivity index (χ4v) is 3.93. The van der Waals surface area contributed by atoms with Gasteiger partial charge < -0.3 is 19.5 Å². The lowest BCUT2D eigenvalue weighted by Gasteiger charge is -2.20. The highest BCUT2D eigenvalue weighted by Crippen LogP contribution is 2.34. The van der Waals surface area contributed by atoms with E-state index in [2.05, 4.69) is 24.1 Å². The van der Waals surface area contributed by atoms with Crippen LogP contribution in [-0.4, -0.2) is 24.9 Å². The summed E-state index contributed by atoms with van der Waals surface area (Å²) in [6, 6.07) is 18.9. The predicted octanol–water partition coefficient (Wildman–Crippen LogP) is 5.70. The summed E-state index contributed by atoms with van der Waals surface area (Å²) in [5.74, 6) is 1.56. The smallest absolute Gasteiger partial charge is 0.417 e. The lowest BCUT2D eigenvalue weighted by molar-refractivity contribution is 0.215. The summed E-state index contributed by atoms with van der Waals surface area (Å²) in [6.45, 7) is 5.80. The first-order valence-electron chi connectivity index (χ1n) is 10.8. The molecule has 1 aliphatic heterocycles. The van der Waals surface area contributed by atoms with Crippen molar-refractivity contribution in [3.8, 4) is 17.2 Å². The minimum atomic E-state index is -0.509. The Morgan fingerprint density at radius 1 is 1.09 bits per heavy atom. The number of hydrogen-bond acceptors (Lipinski definition) is 5. The Morgan fingerprint density at radius 3 is 2.56 bits per heavy atom. The second-order valence-corrected chi connectivity index (χ2v) is 8.26. The molecule has 0 radical (unpaired) electrons. The molecular formula is C26H28N2O4. The third kappa shape index (κ3) is 4.80. The van der Waals surface area contributed by atoms with Gasteiger partial charge in [-0.1, -0.05) is 32.0 Å². The van der Waals surface area contributed by atoms with Crippen LogP contribution >= 0.6 is 0 Å². The van der Waals surface area contributed by atoms with Crippen molar-refractivity contribution in [1.29, 1.82) is 0 Å². The van der Waals surface area contributed by atoms with Gasteiger partial charge in [-0.25, -0.2) is 4.79 Å².